The highest BCUT2D eigenvalue weighted by atomic mass is 32.2. The molecule has 0 amide bonds. The van der Waals surface area contributed by atoms with E-state index in [9.17, 15) is 0 Å². The summed E-state index contributed by atoms with van der Waals surface area (Å²) in [7, 11) is 0. The van der Waals surface area contributed by atoms with Crippen molar-refractivity contribution in [1.82, 2.24) is 24.7 Å². The summed E-state index contributed by atoms with van der Waals surface area (Å²) >= 11 is 1.54. The fourth-order valence-electron chi connectivity index (χ4n) is 3.29. The smallest absolute Gasteiger partial charge is 0.196 e. The summed E-state index contributed by atoms with van der Waals surface area (Å²) in [5.41, 5.74) is 8.99. The van der Waals surface area contributed by atoms with E-state index in [-0.39, 0.29) is 0 Å². The van der Waals surface area contributed by atoms with Crippen molar-refractivity contribution in [1.29, 1.82) is 0 Å². The van der Waals surface area contributed by atoms with Gasteiger partial charge in [-0.15, -0.1) is 10.2 Å². The van der Waals surface area contributed by atoms with Crippen LogP contribution in [-0.2, 0) is 5.75 Å². The molecule has 30 heavy (non-hydrogen) atoms. The van der Waals surface area contributed by atoms with Crippen LogP contribution in [0.3, 0.4) is 0 Å². The number of thioether (sulfide) groups is 1. The van der Waals surface area contributed by atoms with E-state index < -0.39 is 0 Å². The molecule has 3 aromatic carbocycles. The number of hydrogen-bond donors (Lipinski definition) is 1. The molecule has 2 N–H and O–H groups in total. The summed E-state index contributed by atoms with van der Waals surface area (Å²) in [6.07, 6.45) is 0. The third-order valence-corrected chi connectivity index (χ3v) is 5.61. The average molecular weight is 411 g/mol. The molecule has 6 nitrogen and oxygen atoms in total. The fourth-order valence-corrected chi connectivity index (χ4v) is 4.10. The Morgan fingerprint density at radius 3 is 2.27 bits per heavy atom. The van der Waals surface area contributed by atoms with Gasteiger partial charge < -0.3 is 5.73 Å². The minimum atomic E-state index is 0.491. The Morgan fingerprint density at radius 1 is 0.767 bits per heavy atom. The van der Waals surface area contributed by atoms with Crippen LogP contribution >= 0.6 is 11.8 Å². The molecule has 0 atom stereocenters. The molecule has 0 radical (unpaired) electrons. The van der Waals surface area contributed by atoms with Gasteiger partial charge in [-0.25, -0.2) is 9.97 Å². The van der Waals surface area contributed by atoms with Gasteiger partial charge in [-0.3, -0.25) is 4.57 Å². The first-order valence-electron chi connectivity index (χ1n) is 9.50. The van der Waals surface area contributed by atoms with Gasteiger partial charge in [0.25, 0.3) is 0 Å². The van der Waals surface area contributed by atoms with Gasteiger partial charge in [-0.2, -0.15) is 0 Å². The number of hydrogen-bond acceptors (Lipinski definition) is 6. The van der Waals surface area contributed by atoms with Gasteiger partial charge >= 0.3 is 0 Å². The third-order valence-electron chi connectivity index (χ3n) is 4.69. The van der Waals surface area contributed by atoms with E-state index in [4.69, 9.17) is 5.73 Å². The van der Waals surface area contributed by atoms with Gasteiger partial charge in [0.05, 0.1) is 11.3 Å². The molecule has 5 rings (SSSR count). The Kier molecular flexibility index (Phi) is 4.86. The largest absolute Gasteiger partial charge is 0.383 e. The minimum Gasteiger partial charge on any atom is -0.383 e. The van der Waals surface area contributed by atoms with Gasteiger partial charge in [-0.05, 0) is 24.3 Å². The summed E-state index contributed by atoms with van der Waals surface area (Å²) in [6, 6.07) is 27.9. The lowest BCUT2D eigenvalue weighted by atomic mass is 10.2. The number of aromatic nitrogens is 5. The van der Waals surface area contributed by atoms with Crippen molar-refractivity contribution >= 4 is 28.5 Å². The molecule has 0 aliphatic carbocycles. The highest BCUT2D eigenvalue weighted by molar-refractivity contribution is 7.98. The standard InChI is InChI=1S/C23H18N6S/c24-21-18-13-7-8-14-19(18)25-20(26-21)15-30-23-28-27-22(16-9-3-1-4-10-16)29(23)17-11-5-2-6-12-17/h1-14H,15H2,(H2,24,25,26). The lowest BCUT2D eigenvalue weighted by Gasteiger charge is -2.10. The lowest BCUT2D eigenvalue weighted by molar-refractivity contribution is 0.884. The molecular weight excluding hydrogens is 392 g/mol. The van der Waals surface area contributed by atoms with Crippen LogP contribution in [0, 0.1) is 0 Å². The zero-order valence-electron chi connectivity index (χ0n) is 16.0. The van der Waals surface area contributed by atoms with Gasteiger partial charge in [-0.1, -0.05) is 72.4 Å². The number of rotatable bonds is 5. The molecule has 0 bridgehead atoms. The Labute approximate surface area is 177 Å². The summed E-state index contributed by atoms with van der Waals surface area (Å²) in [5.74, 6) is 2.49. The van der Waals surface area contributed by atoms with E-state index in [0.717, 1.165) is 33.1 Å². The molecule has 0 fully saturated rings. The maximum Gasteiger partial charge on any atom is 0.196 e. The van der Waals surface area contributed by atoms with Gasteiger partial charge in [0.2, 0.25) is 0 Å². The Hall–Kier alpha value is -3.71. The van der Waals surface area contributed by atoms with Gasteiger partial charge in [0.1, 0.15) is 11.6 Å². The zero-order chi connectivity index (χ0) is 20.3. The van der Waals surface area contributed by atoms with Crippen LogP contribution in [0.5, 0.6) is 0 Å². The number of para-hydroxylation sites is 2. The van der Waals surface area contributed by atoms with Crippen LogP contribution in [-0.4, -0.2) is 24.7 Å². The number of benzene rings is 3. The first-order valence-corrected chi connectivity index (χ1v) is 10.5. The van der Waals surface area contributed by atoms with Crippen molar-refractivity contribution in [3.8, 4) is 17.1 Å². The maximum atomic E-state index is 6.13. The van der Waals surface area contributed by atoms with Crippen LogP contribution < -0.4 is 5.73 Å². The first kappa shape index (κ1) is 18.3. The monoisotopic (exact) mass is 410 g/mol. The molecule has 0 spiro atoms. The Balaban J connectivity index is 1.51. The second kappa shape index (κ2) is 7.96. The van der Waals surface area contributed by atoms with Crippen molar-refractivity contribution in [2.24, 2.45) is 0 Å². The first-order chi connectivity index (χ1) is 14.8. The molecule has 146 valence electrons. The van der Waals surface area contributed by atoms with E-state index in [1.807, 2.05) is 84.9 Å². The van der Waals surface area contributed by atoms with Gasteiger partial charge in [0, 0.05) is 16.6 Å². The number of nitrogen functional groups attached to an aromatic ring is 1. The van der Waals surface area contributed by atoms with Gasteiger partial charge in [0.15, 0.2) is 11.0 Å². The number of anilines is 1. The topological polar surface area (TPSA) is 82.5 Å². The predicted octanol–water partition coefficient (Wildman–Crippen LogP) is 4.75. The SMILES string of the molecule is Nc1nc(CSc2nnc(-c3ccccc3)n2-c2ccccc2)nc2ccccc12. The zero-order valence-corrected chi connectivity index (χ0v) is 16.8. The summed E-state index contributed by atoms with van der Waals surface area (Å²) in [4.78, 5) is 9.12. The Bertz CT molecular complexity index is 1300. The summed E-state index contributed by atoms with van der Waals surface area (Å²) in [6.45, 7) is 0. The normalized spacial score (nSPS) is 11.1. The van der Waals surface area contributed by atoms with E-state index in [2.05, 4.69) is 24.7 Å². The van der Waals surface area contributed by atoms with E-state index >= 15 is 0 Å². The number of nitrogens with two attached hydrogens (primary N) is 1. The molecule has 2 aromatic heterocycles. The van der Waals surface area contributed by atoms with Crippen LogP contribution in [0.1, 0.15) is 5.82 Å². The minimum absolute atomic E-state index is 0.491. The molecule has 2 heterocycles. The molecule has 5 aromatic rings. The fraction of sp³-hybridized carbons (Fsp3) is 0.0435. The van der Waals surface area contributed by atoms with Crippen LogP contribution in [0.15, 0.2) is 90.1 Å². The highest BCUT2D eigenvalue weighted by Crippen LogP contribution is 2.29. The van der Waals surface area contributed by atoms with Crippen molar-refractivity contribution in [2.45, 2.75) is 10.9 Å². The molecule has 0 aliphatic rings. The van der Waals surface area contributed by atoms with Crippen molar-refractivity contribution < 1.29 is 0 Å². The van der Waals surface area contributed by atoms with Crippen LogP contribution in [0.4, 0.5) is 5.82 Å². The van der Waals surface area contributed by atoms with E-state index in [1.54, 1.807) is 0 Å². The molecule has 0 aliphatic heterocycles. The summed E-state index contributed by atoms with van der Waals surface area (Å²) in [5, 5.41) is 10.6. The second-order valence-corrected chi connectivity index (χ2v) is 7.62. The molecule has 0 saturated carbocycles. The second-order valence-electron chi connectivity index (χ2n) is 6.67. The maximum absolute atomic E-state index is 6.13. The molecule has 7 heteroatoms. The Morgan fingerprint density at radius 2 is 1.47 bits per heavy atom. The van der Waals surface area contributed by atoms with Crippen LogP contribution in [0.2, 0.25) is 0 Å². The van der Waals surface area contributed by atoms with E-state index in [0.29, 0.717) is 17.4 Å². The third kappa shape index (κ3) is 3.51. The van der Waals surface area contributed by atoms with Crippen molar-refractivity contribution in [3.05, 3.63) is 90.8 Å². The van der Waals surface area contributed by atoms with Crippen molar-refractivity contribution in [2.75, 3.05) is 5.73 Å². The van der Waals surface area contributed by atoms with E-state index in [1.165, 1.54) is 11.8 Å². The highest BCUT2D eigenvalue weighted by Gasteiger charge is 2.16. The van der Waals surface area contributed by atoms with Crippen LogP contribution in [0.25, 0.3) is 28.0 Å². The average Bonchev–Trinajstić information content (AvgIpc) is 3.23. The number of nitrogens with zero attached hydrogens (tertiary/aromatic N) is 5. The molecule has 0 saturated heterocycles. The van der Waals surface area contributed by atoms with Crippen molar-refractivity contribution in [3.63, 3.8) is 0 Å². The molecule has 0 unspecified atom stereocenters. The lowest BCUT2D eigenvalue weighted by Crippen LogP contribution is -2.02. The summed E-state index contributed by atoms with van der Waals surface area (Å²) < 4.78 is 2.06. The predicted molar refractivity (Wildman–Crippen MR) is 120 cm³/mol. The quantitative estimate of drug-likeness (QED) is 0.421. The number of fused-ring (bicyclic) bond motifs is 1. The molecular formula is C23H18N6S.